The monoisotopic (exact) mass is 676 g/mol. The van der Waals surface area contributed by atoms with Crippen LogP contribution in [0.5, 0.6) is 5.88 Å². The number of likely N-dealkylation sites (tertiary alicyclic amines) is 1. The highest BCUT2D eigenvalue weighted by Crippen LogP contribution is 2.46. The average molecular weight is 677 g/mol. The predicted molar refractivity (Wildman–Crippen MR) is 191 cm³/mol. The van der Waals surface area contributed by atoms with Crippen molar-refractivity contribution in [2.45, 2.75) is 44.2 Å². The number of hydrogen-bond acceptors (Lipinski definition) is 8. The van der Waals surface area contributed by atoms with E-state index < -0.39 is 0 Å². The molecule has 11 nitrogen and oxygen atoms in total. The Morgan fingerprint density at radius 3 is 2.73 bits per heavy atom. The molecule has 2 amide bonds. The first-order valence-electron chi connectivity index (χ1n) is 16.6. The number of benzene rings is 2. The summed E-state index contributed by atoms with van der Waals surface area (Å²) in [5.41, 5.74) is 7.15. The molecule has 49 heavy (non-hydrogen) atoms. The Bertz CT molecular complexity index is 2200. The van der Waals surface area contributed by atoms with Gasteiger partial charge in [0, 0.05) is 66.7 Å². The normalized spacial score (nSPS) is 20.3. The smallest absolute Gasteiger partial charge is 0.315 e. The molecule has 250 valence electrons. The molecule has 2 unspecified atom stereocenters. The molecule has 3 aromatic heterocycles. The number of fused-ring (bicyclic) bond motifs is 2. The molecule has 3 aliphatic rings. The lowest BCUT2D eigenvalue weighted by Crippen LogP contribution is -2.59. The number of urea groups is 1. The third-order valence-electron chi connectivity index (χ3n) is 10.4. The molecule has 5 aromatic rings. The van der Waals surface area contributed by atoms with E-state index in [9.17, 15) is 9.59 Å². The van der Waals surface area contributed by atoms with E-state index in [4.69, 9.17) is 21.3 Å². The van der Waals surface area contributed by atoms with E-state index in [1.54, 1.807) is 32.6 Å². The zero-order valence-electron chi connectivity index (χ0n) is 27.6. The van der Waals surface area contributed by atoms with E-state index in [0.29, 0.717) is 34.0 Å². The first-order chi connectivity index (χ1) is 23.7. The molecular formula is C37H37ClN8O3. The molecule has 2 saturated heterocycles. The van der Waals surface area contributed by atoms with E-state index in [1.165, 1.54) is 10.2 Å². The van der Waals surface area contributed by atoms with Gasteiger partial charge in [-0.3, -0.25) is 9.69 Å². The molecule has 0 saturated carbocycles. The van der Waals surface area contributed by atoms with Gasteiger partial charge in [0.2, 0.25) is 5.88 Å². The molecule has 1 aliphatic carbocycles. The molecule has 12 heteroatoms. The summed E-state index contributed by atoms with van der Waals surface area (Å²) in [6.45, 7) is 4.47. The zero-order chi connectivity index (χ0) is 33.9. The highest BCUT2D eigenvalue weighted by atomic mass is 35.5. The number of pyridine rings is 2. The number of amides is 2. The van der Waals surface area contributed by atoms with Crippen molar-refractivity contribution >= 4 is 39.9 Å². The summed E-state index contributed by atoms with van der Waals surface area (Å²) < 4.78 is 7.26. The highest BCUT2D eigenvalue weighted by molar-refractivity contribution is 6.36. The van der Waals surface area contributed by atoms with Crippen LogP contribution in [0.3, 0.4) is 0 Å². The fourth-order valence-corrected chi connectivity index (χ4v) is 8.20. The van der Waals surface area contributed by atoms with Gasteiger partial charge in [-0.25, -0.2) is 19.4 Å². The largest absolute Gasteiger partial charge is 0.481 e. The molecule has 8 rings (SSSR count). The standard InChI is InChI=1S/C37H37ClN8O3/c1-21-24(6-5-9-27(21)42-33-31-23(12-15-39-33)19-41-45(2)35(31)47)25-7-4-8-26(32(25)38)28-18-22-10-11-29(30(22)34(43-28)49-3)46-17-14-37(20-46)13-16-40-36(48)44-37/h4-9,12,15,18-19,29H,10-11,13-14,16-17,20H2,1-3H3,(H,39,42)(H2,40,44,48). The molecule has 2 atom stereocenters. The summed E-state index contributed by atoms with van der Waals surface area (Å²) in [5.74, 6) is 1.09. The van der Waals surface area contributed by atoms with Gasteiger partial charge in [-0.1, -0.05) is 41.9 Å². The maximum atomic E-state index is 13.0. The third kappa shape index (κ3) is 5.37. The third-order valence-corrected chi connectivity index (χ3v) is 10.8. The minimum Gasteiger partial charge on any atom is -0.481 e. The van der Waals surface area contributed by atoms with Gasteiger partial charge in [0.15, 0.2) is 0 Å². The van der Waals surface area contributed by atoms with Crippen molar-refractivity contribution in [2.24, 2.45) is 7.05 Å². The number of aromatic nitrogens is 4. The summed E-state index contributed by atoms with van der Waals surface area (Å²) in [5, 5.41) is 15.4. The first-order valence-corrected chi connectivity index (χ1v) is 17.0. The van der Waals surface area contributed by atoms with Gasteiger partial charge in [-0.05, 0) is 67.5 Å². The fraction of sp³-hybridized carbons (Fsp3) is 0.324. The lowest BCUT2D eigenvalue weighted by atomic mass is 9.93. The van der Waals surface area contributed by atoms with E-state index in [1.807, 2.05) is 43.3 Å². The highest BCUT2D eigenvalue weighted by Gasteiger charge is 2.45. The van der Waals surface area contributed by atoms with Gasteiger partial charge in [-0.15, -0.1) is 0 Å². The van der Waals surface area contributed by atoms with Crippen LogP contribution >= 0.6 is 11.6 Å². The number of ether oxygens (including phenoxy) is 1. The van der Waals surface area contributed by atoms with Crippen LogP contribution in [0.4, 0.5) is 16.3 Å². The van der Waals surface area contributed by atoms with Gasteiger partial charge in [-0.2, -0.15) is 5.10 Å². The quantitative estimate of drug-likeness (QED) is 0.203. The summed E-state index contributed by atoms with van der Waals surface area (Å²) >= 11 is 7.24. The van der Waals surface area contributed by atoms with E-state index in [0.717, 1.165) is 78.0 Å². The van der Waals surface area contributed by atoms with Crippen LogP contribution in [0.25, 0.3) is 33.2 Å². The van der Waals surface area contributed by atoms with Crippen LogP contribution in [0, 0.1) is 6.92 Å². The minimum atomic E-state index is -0.221. The van der Waals surface area contributed by atoms with Crippen LogP contribution in [-0.4, -0.2) is 63.0 Å². The topological polar surface area (TPSA) is 126 Å². The molecule has 0 bridgehead atoms. The van der Waals surface area contributed by atoms with Gasteiger partial charge < -0.3 is 20.7 Å². The van der Waals surface area contributed by atoms with Crippen LogP contribution < -0.4 is 26.2 Å². The number of nitrogens with one attached hydrogen (secondary N) is 3. The van der Waals surface area contributed by atoms with Crippen molar-refractivity contribution in [1.29, 1.82) is 0 Å². The number of halogens is 1. The molecule has 2 fully saturated rings. The zero-order valence-corrected chi connectivity index (χ0v) is 28.4. The van der Waals surface area contributed by atoms with Gasteiger partial charge >= 0.3 is 6.03 Å². The van der Waals surface area contributed by atoms with Crippen molar-refractivity contribution in [3.63, 3.8) is 0 Å². The van der Waals surface area contributed by atoms with Gasteiger partial charge in [0.25, 0.3) is 5.56 Å². The van der Waals surface area contributed by atoms with Crippen LogP contribution in [0.2, 0.25) is 5.02 Å². The number of carbonyl (C=O) groups is 1. The van der Waals surface area contributed by atoms with Crippen molar-refractivity contribution in [1.82, 2.24) is 35.3 Å². The number of nitrogens with zero attached hydrogens (tertiary/aromatic N) is 5. The van der Waals surface area contributed by atoms with Crippen molar-refractivity contribution < 1.29 is 9.53 Å². The summed E-state index contributed by atoms with van der Waals surface area (Å²) in [6.07, 6.45) is 7.08. The SMILES string of the molecule is COc1nc(-c2cccc(-c3cccc(Nc4nccc5cnn(C)c(=O)c45)c3C)c2Cl)cc2c1C(N1CCC3(CCNC(=O)N3)C1)CC2. The average Bonchev–Trinajstić information content (AvgIpc) is 3.71. The number of methoxy groups -OCH3 is 1. The molecular weight excluding hydrogens is 640 g/mol. The van der Waals surface area contributed by atoms with Gasteiger partial charge in [0.1, 0.15) is 5.82 Å². The second-order valence-electron chi connectivity index (χ2n) is 13.2. The number of anilines is 2. The second-order valence-corrected chi connectivity index (χ2v) is 13.6. The summed E-state index contributed by atoms with van der Waals surface area (Å²) in [4.78, 5) is 37.1. The van der Waals surface area contributed by atoms with Crippen LogP contribution in [-0.2, 0) is 13.5 Å². The molecule has 1 spiro atoms. The molecule has 5 heterocycles. The Labute approximate surface area is 288 Å². The van der Waals surface area contributed by atoms with E-state index in [-0.39, 0.29) is 23.2 Å². The minimum absolute atomic E-state index is 0.0761. The lowest BCUT2D eigenvalue weighted by Gasteiger charge is -2.36. The summed E-state index contributed by atoms with van der Waals surface area (Å²) in [7, 11) is 3.31. The number of carbonyl (C=O) groups excluding carboxylic acids is 1. The van der Waals surface area contributed by atoms with E-state index >= 15 is 0 Å². The Morgan fingerprint density at radius 2 is 1.90 bits per heavy atom. The van der Waals surface area contributed by atoms with Gasteiger partial charge in [0.05, 0.1) is 34.9 Å². The van der Waals surface area contributed by atoms with Crippen molar-refractivity contribution in [3.05, 3.63) is 93.0 Å². The number of rotatable bonds is 6. The Kier molecular flexibility index (Phi) is 7.76. The predicted octanol–water partition coefficient (Wildman–Crippen LogP) is 5.91. The van der Waals surface area contributed by atoms with Crippen molar-refractivity contribution in [3.8, 4) is 28.3 Å². The van der Waals surface area contributed by atoms with Crippen molar-refractivity contribution in [2.75, 3.05) is 32.1 Å². The maximum Gasteiger partial charge on any atom is 0.315 e. The molecule has 2 aromatic carbocycles. The Morgan fingerprint density at radius 1 is 1.08 bits per heavy atom. The fourth-order valence-electron chi connectivity index (χ4n) is 7.88. The Balaban J connectivity index is 1.11. The lowest BCUT2D eigenvalue weighted by molar-refractivity contribution is 0.187. The number of hydrogen-bond donors (Lipinski definition) is 3. The van der Waals surface area contributed by atoms with Crippen LogP contribution in [0.15, 0.2) is 65.7 Å². The first kappa shape index (κ1) is 31.3. The molecule has 0 radical (unpaired) electrons. The number of aryl methyl sites for hydroxylation is 2. The van der Waals surface area contributed by atoms with Crippen LogP contribution in [0.1, 0.15) is 42.0 Å². The second kappa shape index (κ2) is 12.2. The molecule has 3 N–H and O–H groups in total. The molecule has 2 aliphatic heterocycles. The summed E-state index contributed by atoms with van der Waals surface area (Å²) in [6, 6.07) is 16.0. The van der Waals surface area contributed by atoms with E-state index in [2.05, 4.69) is 37.0 Å². The Hall–Kier alpha value is -5.00. The maximum absolute atomic E-state index is 13.0.